The molecule has 1 aliphatic carbocycles. The first kappa shape index (κ1) is 23.1. The molecule has 2 fully saturated rings. The van der Waals surface area contributed by atoms with E-state index in [1.807, 2.05) is 11.6 Å². The fourth-order valence-electron chi connectivity index (χ4n) is 3.25. The van der Waals surface area contributed by atoms with Crippen LogP contribution in [0.1, 0.15) is 47.9 Å². The second-order valence-corrected chi connectivity index (χ2v) is 7.10. The van der Waals surface area contributed by atoms with Gasteiger partial charge in [-0.1, -0.05) is 5.21 Å². The molecule has 2 aliphatic rings. The topological polar surface area (TPSA) is 114 Å². The Morgan fingerprint density at radius 1 is 1.10 bits per heavy atom. The number of carbonyl (C=O) groups is 2. The van der Waals surface area contributed by atoms with E-state index >= 15 is 0 Å². The van der Waals surface area contributed by atoms with Crippen molar-refractivity contribution >= 4 is 48.1 Å². The SMILES string of the molecule is Cc1c(C(=O)Nc2ccc(NC(=O)C3CC3)nc2)nnn1C1CCNCC1.Cl.Cl. The molecular formula is C18H25Cl2N7O2. The Labute approximate surface area is 181 Å². The second-order valence-electron chi connectivity index (χ2n) is 7.10. The summed E-state index contributed by atoms with van der Waals surface area (Å²) in [5.74, 6) is 0.295. The van der Waals surface area contributed by atoms with E-state index in [0.717, 1.165) is 44.5 Å². The molecule has 2 amide bonds. The second kappa shape index (κ2) is 10.00. The van der Waals surface area contributed by atoms with Gasteiger partial charge >= 0.3 is 0 Å². The number of anilines is 2. The Kier molecular flexibility index (Phi) is 7.95. The Bertz CT molecular complexity index is 846. The first-order valence-electron chi connectivity index (χ1n) is 9.32. The average Bonchev–Trinajstić information content (AvgIpc) is 3.46. The molecule has 29 heavy (non-hydrogen) atoms. The molecule has 11 heteroatoms. The fraction of sp³-hybridized carbons (Fsp3) is 0.500. The summed E-state index contributed by atoms with van der Waals surface area (Å²) in [6, 6.07) is 3.66. The van der Waals surface area contributed by atoms with Crippen LogP contribution in [0.25, 0.3) is 0 Å². The molecule has 1 saturated heterocycles. The molecule has 9 nitrogen and oxygen atoms in total. The van der Waals surface area contributed by atoms with Crippen LogP contribution in [0.2, 0.25) is 0 Å². The van der Waals surface area contributed by atoms with Gasteiger partial charge in [-0.05, 0) is 57.8 Å². The van der Waals surface area contributed by atoms with E-state index in [0.29, 0.717) is 17.2 Å². The number of hydrogen-bond acceptors (Lipinski definition) is 6. The lowest BCUT2D eigenvalue weighted by Gasteiger charge is -2.23. The van der Waals surface area contributed by atoms with Crippen LogP contribution in [0.15, 0.2) is 18.3 Å². The first-order valence-corrected chi connectivity index (χ1v) is 9.32. The number of hydrogen-bond donors (Lipinski definition) is 3. The van der Waals surface area contributed by atoms with E-state index in [1.165, 1.54) is 6.20 Å². The molecule has 0 bridgehead atoms. The smallest absolute Gasteiger partial charge is 0.278 e. The van der Waals surface area contributed by atoms with Gasteiger partial charge in [0.15, 0.2) is 5.69 Å². The number of amides is 2. The van der Waals surface area contributed by atoms with Crippen molar-refractivity contribution in [2.45, 2.75) is 38.6 Å². The highest BCUT2D eigenvalue weighted by Crippen LogP contribution is 2.30. The molecule has 0 atom stereocenters. The third-order valence-electron chi connectivity index (χ3n) is 5.02. The standard InChI is InChI=1S/C18H23N7O2.2ClH/c1-11-16(23-24-25(11)14-6-8-19-9-7-14)18(27)21-13-4-5-15(20-10-13)22-17(26)12-2-3-12;;/h4-5,10,12,14,19H,2-3,6-9H2,1H3,(H,21,27)(H,20,22,26);2*1H. The lowest BCUT2D eigenvalue weighted by Crippen LogP contribution is -2.30. The van der Waals surface area contributed by atoms with Gasteiger partial charge in [-0.2, -0.15) is 0 Å². The molecule has 4 rings (SSSR count). The van der Waals surface area contributed by atoms with Gasteiger partial charge in [-0.25, -0.2) is 9.67 Å². The monoisotopic (exact) mass is 441 g/mol. The molecule has 0 aromatic carbocycles. The van der Waals surface area contributed by atoms with Crippen LogP contribution in [-0.2, 0) is 4.79 Å². The zero-order valence-electron chi connectivity index (χ0n) is 16.1. The number of piperidine rings is 1. The molecule has 3 heterocycles. The average molecular weight is 442 g/mol. The maximum atomic E-state index is 12.6. The number of pyridine rings is 1. The van der Waals surface area contributed by atoms with Crippen LogP contribution in [0.4, 0.5) is 11.5 Å². The summed E-state index contributed by atoms with van der Waals surface area (Å²) in [6.07, 6.45) is 5.36. The van der Waals surface area contributed by atoms with Gasteiger partial charge in [0.05, 0.1) is 23.6 Å². The normalized spacial score (nSPS) is 16.3. The summed E-state index contributed by atoms with van der Waals surface area (Å²) in [7, 11) is 0. The molecule has 0 spiro atoms. The predicted octanol–water partition coefficient (Wildman–Crippen LogP) is 2.35. The molecule has 1 saturated carbocycles. The van der Waals surface area contributed by atoms with Crippen molar-refractivity contribution in [1.29, 1.82) is 0 Å². The van der Waals surface area contributed by atoms with Crippen LogP contribution in [-0.4, -0.2) is 44.9 Å². The van der Waals surface area contributed by atoms with Gasteiger partial charge in [0.1, 0.15) is 5.82 Å². The van der Waals surface area contributed by atoms with E-state index in [9.17, 15) is 9.59 Å². The molecular weight excluding hydrogens is 417 g/mol. The molecule has 1 aliphatic heterocycles. The summed E-state index contributed by atoms with van der Waals surface area (Å²) in [4.78, 5) is 28.5. The lowest BCUT2D eigenvalue weighted by atomic mass is 10.1. The molecule has 3 N–H and O–H groups in total. The minimum absolute atomic E-state index is 0. The van der Waals surface area contributed by atoms with Gasteiger partial charge in [0, 0.05) is 5.92 Å². The Balaban J connectivity index is 0.00000150. The van der Waals surface area contributed by atoms with Crippen molar-refractivity contribution in [2.24, 2.45) is 5.92 Å². The summed E-state index contributed by atoms with van der Waals surface area (Å²) >= 11 is 0. The fourth-order valence-corrected chi connectivity index (χ4v) is 3.25. The Hall–Kier alpha value is -2.23. The van der Waals surface area contributed by atoms with Gasteiger partial charge < -0.3 is 16.0 Å². The van der Waals surface area contributed by atoms with Crippen LogP contribution >= 0.6 is 24.8 Å². The quantitative estimate of drug-likeness (QED) is 0.655. The van der Waals surface area contributed by atoms with E-state index in [-0.39, 0.29) is 48.6 Å². The molecule has 2 aromatic heterocycles. The van der Waals surface area contributed by atoms with Crippen molar-refractivity contribution in [3.05, 3.63) is 29.7 Å². The first-order chi connectivity index (χ1) is 13.1. The predicted molar refractivity (Wildman–Crippen MR) is 114 cm³/mol. The largest absolute Gasteiger partial charge is 0.319 e. The lowest BCUT2D eigenvalue weighted by molar-refractivity contribution is -0.117. The zero-order chi connectivity index (χ0) is 18.8. The zero-order valence-corrected chi connectivity index (χ0v) is 17.7. The van der Waals surface area contributed by atoms with Crippen LogP contribution in [0.5, 0.6) is 0 Å². The van der Waals surface area contributed by atoms with Crippen molar-refractivity contribution in [3.63, 3.8) is 0 Å². The van der Waals surface area contributed by atoms with Gasteiger partial charge in [0.25, 0.3) is 5.91 Å². The van der Waals surface area contributed by atoms with Gasteiger partial charge in [-0.3, -0.25) is 9.59 Å². The minimum Gasteiger partial charge on any atom is -0.319 e. The summed E-state index contributed by atoms with van der Waals surface area (Å²) < 4.78 is 1.85. The number of halogens is 2. The number of carbonyl (C=O) groups excluding carboxylic acids is 2. The van der Waals surface area contributed by atoms with Gasteiger partial charge in [-0.15, -0.1) is 29.9 Å². The summed E-state index contributed by atoms with van der Waals surface area (Å²) in [5.41, 5.74) is 1.63. The third-order valence-corrected chi connectivity index (χ3v) is 5.02. The number of nitrogens with one attached hydrogen (secondary N) is 3. The van der Waals surface area contributed by atoms with E-state index in [2.05, 4.69) is 31.2 Å². The number of nitrogens with zero attached hydrogens (tertiary/aromatic N) is 4. The maximum Gasteiger partial charge on any atom is 0.278 e. The molecule has 0 radical (unpaired) electrons. The van der Waals surface area contributed by atoms with Gasteiger partial charge in [0.2, 0.25) is 5.91 Å². The molecule has 2 aromatic rings. The highest BCUT2D eigenvalue weighted by molar-refractivity contribution is 6.03. The van der Waals surface area contributed by atoms with Crippen LogP contribution < -0.4 is 16.0 Å². The number of rotatable bonds is 5. The third kappa shape index (κ3) is 5.43. The van der Waals surface area contributed by atoms with E-state index in [4.69, 9.17) is 0 Å². The summed E-state index contributed by atoms with van der Waals surface area (Å²) in [6.45, 7) is 3.76. The van der Waals surface area contributed by atoms with Crippen molar-refractivity contribution in [2.75, 3.05) is 23.7 Å². The maximum absolute atomic E-state index is 12.6. The Morgan fingerprint density at radius 2 is 1.83 bits per heavy atom. The van der Waals surface area contributed by atoms with E-state index < -0.39 is 0 Å². The van der Waals surface area contributed by atoms with Crippen molar-refractivity contribution < 1.29 is 9.59 Å². The van der Waals surface area contributed by atoms with Crippen molar-refractivity contribution in [3.8, 4) is 0 Å². The Morgan fingerprint density at radius 3 is 2.45 bits per heavy atom. The van der Waals surface area contributed by atoms with Crippen LogP contribution in [0.3, 0.4) is 0 Å². The number of aromatic nitrogens is 4. The van der Waals surface area contributed by atoms with Crippen molar-refractivity contribution in [1.82, 2.24) is 25.3 Å². The minimum atomic E-state index is -0.316. The highest BCUT2D eigenvalue weighted by Gasteiger charge is 2.29. The van der Waals surface area contributed by atoms with Crippen LogP contribution in [0, 0.1) is 12.8 Å². The summed E-state index contributed by atoms with van der Waals surface area (Å²) in [5, 5.41) is 17.1. The molecule has 158 valence electrons. The molecule has 0 unspecified atom stereocenters. The highest BCUT2D eigenvalue weighted by atomic mass is 35.5. The van der Waals surface area contributed by atoms with E-state index in [1.54, 1.807) is 12.1 Å².